The number of carbonyl (C=O) groups is 2. The average molecular weight is 496 g/mol. The van der Waals surface area contributed by atoms with Crippen LogP contribution in [0.2, 0.25) is 5.02 Å². The van der Waals surface area contributed by atoms with E-state index in [9.17, 15) is 9.59 Å². The third-order valence-corrected chi connectivity index (χ3v) is 7.66. The summed E-state index contributed by atoms with van der Waals surface area (Å²) in [7, 11) is 0. The summed E-state index contributed by atoms with van der Waals surface area (Å²) in [6.07, 6.45) is 5.52. The van der Waals surface area contributed by atoms with Gasteiger partial charge in [-0.15, -0.1) is 0 Å². The van der Waals surface area contributed by atoms with E-state index in [1.165, 1.54) is 0 Å². The highest BCUT2D eigenvalue weighted by atomic mass is 35.5. The molecule has 1 aromatic carbocycles. The fourth-order valence-electron chi connectivity index (χ4n) is 5.65. The lowest BCUT2D eigenvalue weighted by Gasteiger charge is -2.63. The van der Waals surface area contributed by atoms with Crippen molar-refractivity contribution < 1.29 is 14.3 Å². The highest BCUT2D eigenvalue weighted by Gasteiger charge is 2.64. The summed E-state index contributed by atoms with van der Waals surface area (Å²) >= 11 is 6.17. The third kappa shape index (κ3) is 4.70. The maximum Gasteiger partial charge on any atom is 0.254 e. The quantitative estimate of drug-likeness (QED) is 0.602. The minimum Gasteiger partial charge on any atom is -0.489 e. The van der Waals surface area contributed by atoms with Crippen LogP contribution < -0.4 is 15.0 Å². The second-order valence-electron chi connectivity index (χ2n) is 10.5. The number of aromatic nitrogens is 2. The molecule has 0 radical (unpaired) electrons. The summed E-state index contributed by atoms with van der Waals surface area (Å²) < 4.78 is 6.28. The molecule has 4 rings (SSSR count). The SMILES string of the molecule is CC1(C)C(NC(=O)c2cnc(N3CCC(C=O)CC3)nc2)C(C)(C)C1Oc1ccc(C#N)c(Cl)c1. The fraction of sp³-hybridized carbons (Fsp3) is 0.500. The first-order valence-corrected chi connectivity index (χ1v) is 12.1. The molecule has 1 saturated heterocycles. The number of nitriles is 1. The number of nitrogens with zero attached hydrogens (tertiary/aromatic N) is 4. The van der Waals surface area contributed by atoms with Crippen molar-refractivity contribution in [1.29, 1.82) is 5.26 Å². The van der Waals surface area contributed by atoms with Gasteiger partial charge < -0.3 is 19.7 Å². The molecule has 0 atom stereocenters. The van der Waals surface area contributed by atoms with E-state index in [1.54, 1.807) is 30.6 Å². The molecule has 1 aromatic heterocycles. The van der Waals surface area contributed by atoms with E-state index < -0.39 is 0 Å². The zero-order valence-electron chi connectivity index (χ0n) is 20.4. The minimum absolute atomic E-state index is 0.104. The number of carbonyl (C=O) groups excluding carboxylic acids is 2. The van der Waals surface area contributed by atoms with Crippen molar-refractivity contribution in [2.24, 2.45) is 16.7 Å². The minimum atomic E-state index is -0.358. The Labute approximate surface area is 210 Å². The monoisotopic (exact) mass is 495 g/mol. The first kappa shape index (κ1) is 24.9. The molecule has 0 bridgehead atoms. The predicted octanol–water partition coefficient (Wildman–Crippen LogP) is 4.03. The summed E-state index contributed by atoms with van der Waals surface area (Å²) in [6.45, 7) is 9.68. The highest BCUT2D eigenvalue weighted by molar-refractivity contribution is 6.31. The Morgan fingerprint density at radius 3 is 2.37 bits per heavy atom. The van der Waals surface area contributed by atoms with Gasteiger partial charge in [0.25, 0.3) is 5.91 Å². The Morgan fingerprint density at radius 2 is 1.83 bits per heavy atom. The van der Waals surface area contributed by atoms with Crippen molar-refractivity contribution >= 4 is 29.7 Å². The van der Waals surface area contributed by atoms with Crippen LogP contribution in [0.3, 0.4) is 0 Å². The maximum atomic E-state index is 13.0. The number of anilines is 1. The Morgan fingerprint density at radius 1 is 1.20 bits per heavy atom. The van der Waals surface area contributed by atoms with Crippen LogP contribution in [-0.4, -0.2) is 47.4 Å². The number of nitrogens with one attached hydrogen (secondary N) is 1. The number of piperidine rings is 1. The number of ether oxygens (including phenoxy) is 1. The summed E-state index contributed by atoms with van der Waals surface area (Å²) in [6, 6.07) is 6.93. The molecule has 9 heteroatoms. The summed E-state index contributed by atoms with van der Waals surface area (Å²) in [5.74, 6) is 1.03. The Bertz CT molecular complexity index is 1130. The number of benzene rings is 1. The molecule has 1 amide bonds. The van der Waals surface area contributed by atoms with Gasteiger partial charge in [-0.3, -0.25) is 4.79 Å². The van der Waals surface area contributed by atoms with Gasteiger partial charge >= 0.3 is 0 Å². The van der Waals surface area contributed by atoms with E-state index in [0.717, 1.165) is 32.2 Å². The summed E-state index contributed by atoms with van der Waals surface area (Å²) in [4.78, 5) is 34.8. The van der Waals surface area contributed by atoms with E-state index in [1.807, 2.05) is 11.0 Å². The van der Waals surface area contributed by atoms with E-state index in [0.29, 0.717) is 27.8 Å². The first-order valence-electron chi connectivity index (χ1n) is 11.8. The van der Waals surface area contributed by atoms with Crippen LogP contribution in [0.1, 0.15) is 56.5 Å². The van der Waals surface area contributed by atoms with Crippen molar-refractivity contribution in [1.82, 2.24) is 15.3 Å². The van der Waals surface area contributed by atoms with E-state index in [-0.39, 0.29) is 34.8 Å². The van der Waals surface area contributed by atoms with Gasteiger partial charge in [0.1, 0.15) is 24.2 Å². The lowest BCUT2D eigenvalue weighted by Crippen LogP contribution is -2.74. The molecule has 2 fully saturated rings. The summed E-state index contributed by atoms with van der Waals surface area (Å²) in [5.41, 5.74) is 0.0771. The van der Waals surface area contributed by atoms with Crippen molar-refractivity contribution in [2.75, 3.05) is 18.0 Å². The third-order valence-electron chi connectivity index (χ3n) is 7.35. The molecule has 1 aliphatic heterocycles. The van der Waals surface area contributed by atoms with Crippen LogP contribution >= 0.6 is 11.6 Å². The number of halogens is 1. The topological polar surface area (TPSA) is 108 Å². The van der Waals surface area contributed by atoms with Gasteiger partial charge in [0, 0.05) is 54.3 Å². The molecule has 184 valence electrons. The normalized spacial score (nSPS) is 23.0. The van der Waals surface area contributed by atoms with Gasteiger partial charge in [-0.1, -0.05) is 39.3 Å². The van der Waals surface area contributed by atoms with E-state index >= 15 is 0 Å². The predicted molar refractivity (Wildman–Crippen MR) is 132 cm³/mol. The molecule has 1 aliphatic carbocycles. The van der Waals surface area contributed by atoms with Crippen LogP contribution in [0.4, 0.5) is 5.95 Å². The smallest absolute Gasteiger partial charge is 0.254 e. The van der Waals surface area contributed by atoms with Crippen LogP contribution in [0.25, 0.3) is 0 Å². The van der Waals surface area contributed by atoms with Crippen LogP contribution in [-0.2, 0) is 4.79 Å². The van der Waals surface area contributed by atoms with Crippen LogP contribution in [0.5, 0.6) is 5.75 Å². The van der Waals surface area contributed by atoms with Crippen molar-refractivity contribution in [3.8, 4) is 11.8 Å². The Hall–Kier alpha value is -3.18. The molecule has 2 heterocycles. The molecule has 2 aliphatic rings. The molecule has 1 N–H and O–H groups in total. The molecular weight excluding hydrogens is 466 g/mol. The lowest BCUT2D eigenvalue weighted by atomic mass is 9.49. The van der Waals surface area contributed by atoms with Gasteiger partial charge in [0.15, 0.2) is 0 Å². The molecule has 0 spiro atoms. The van der Waals surface area contributed by atoms with E-state index in [2.05, 4.69) is 43.0 Å². The number of aldehydes is 1. The number of rotatable bonds is 6. The zero-order valence-corrected chi connectivity index (χ0v) is 21.2. The molecule has 35 heavy (non-hydrogen) atoms. The molecule has 2 aromatic rings. The fourth-order valence-corrected chi connectivity index (χ4v) is 5.86. The van der Waals surface area contributed by atoms with Crippen LogP contribution in [0, 0.1) is 28.1 Å². The molecule has 8 nitrogen and oxygen atoms in total. The van der Waals surface area contributed by atoms with Gasteiger partial charge in [0.2, 0.25) is 5.95 Å². The molecule has 0 unspecified atom stereocenters. The van der Waals surface area contributed by atoms with Crippen molar-refractivity contribution in [3.05, 3.63) is 46.7 Å². The van der Waals surface area contributed by atoms with Crippen molar-refractivity contribution in [3.63, 3.8) is 0 Å². The standard InChI is InChI=1S/C26H30ClN5O3/c1-25(2)22(26(3,4)23(25)35-19-6-5-17(12-28)20(27)11-19)31-21(34)18-13-29-24(30-14-18)32-9-7-16(15-33)8-10-32/h5-6,11,13-16,22-23H,7-10H2,1-4H3,(H,31,34). The average Bonchev–Trinajstić information content (AvgIpc) is 2.85. The molecule has 1 saturated carbocycles. The first-order chi connectivity index (χ1) is 16.6. The highest BCUT2D eigenvalue weighted by Crippen LogP contribution is 2.55. The Balaban J connectivity index is 1.41. The zero-order chi connectivity index (χ0) is 25.4. The van der Waals surface area contributed by atoms with Crippen molar-refractivity contribution in [2.45, 2.75) is 52.7 Å². The number of hydrogen-bond donors (Lipinski definition) is 1. The summed E-state index contributed by atoms with van der Waals surface area (Å²) in [5, 5.41) is 12.6. The lowest BCUT2D eigenvalue weighted by molar-refractivity contribution is -0.164. The second-order valence-corrected chi connectivity index (χ2v) is 10.9. The Kier molecular flexibility index (Phi) is 6.74. The maximum absolute atomic E-state index is 13.0. The van der Waals surface area contributed by atoms with Crippen LogP contribution in [0.15, 0.2) is 30.6 Å². The molecular formula is C26H30ClN5O3. The van der Waals surface area contributed by atoms with Gasteiger partial charge in [-0.2, -0.15) is 5.26 Å². The number of hydrogen-bond acceptors (Lipinski definition) is 7. The number of amides is 1. The van der Waals surface area contributed by atoms with Gasteiger partial charge in [-0.05, 0) is 25.0 Å². The largest absolute Gasteiger partial charge is 0.489 e. The van der Waals surface area contributed by atoms with Gasteiger partial charge in [0.05, 0.1) is 16.1 Å². The second kappa shape index (κ2) is 9.46. The van der Waals surface area contributed by atoms with Gasteiger partial charge in [-0.25, -0.2) is 9.97 Å². The van der Waals surface area contributed by atoms with E-state index in [4.69, 9.17) is 21.6 Å².